The molecule has 6 rings (SSSR count). The van der Waals surface area contributed by atoms with Crippen molar-refractivity contribution in [2.75, 3.05) is 6.61 Å². The van der Waals surface area contributed by atoms with Crippen LogP contribution in [0.3, 0.4) is 0 Å². The average Bonchev–Trinajstić information content (AvgIpc) is 3.42. The van der Waals surface area contributed by atoms with Crippen molar-refractivity contribution in [3.8, 4) is 16.9 Å². The molecule has 3 heterocycles. The van der Waals surface area contributed by atoms with E-state index in [1.165, 1.54) is 24.3 Å². The van der Waals surface area contributed by atoms with Crippen molar-refractivity contribution in [3.63, 3.8) is 0 Å². The maximum atomic E-state index is 13.4. The minimum atomic E-state index is -4.27. The summed E-state index contributed by atoms with van der Waals surface area (Å²) in [5, 5.41) is 14.6. The highest BCUT2D eigenvalue weighted by Crippen LogP contribution is 2.27. The van der Waals surface area contributed by atoms with Crippen molar-refractivity contribution in [2.24, 2.45) is 0 Å². The summed E-state index contributed by atoms with van der Waals surface area (Å²) in [6, 6.07) is 22.0. The number of benzene rings is 3. The van der Waals surface area contributed by atoms with E-state index in [-0.39, 0.29) is 13.0 Å². The highest BCUT2D eigenvalue weighted by molar-refractivity contribution is 7.89. The Bertz CT molecular complexity index is 2030. The molecule has 0 aliphatic carbocycles. The Kier molecular flexibility index (Phi) is 7.34. The van der Waals surface area contributed by atoms with Gasteiger partial charge in [-0.25, -0.2) is 13.1 Å². The second-order valence-electron chi connectivity index (χ2n) is 9.76. The van der Waals surface area contributed by atoms with E-state index >= 15 is 0 Å². The summed E-state index contributed by atoms with van der Waals surface area (Å²) in [6.07, 6.45) is 8.94. The molecule has 1 atom stereocenters. The highest BCUT2D eigenvalue weighted by atomic mass is 32.2. The molecule has 3 aromatic carbocycles. The normalized spacial score (nSPS) is 12.4. The highest BCUT2D eigenvalue weighted by Gasteiger charge is 2.28. The van der Waals surface area contributed by atoms with Crippen molar-refractivity contribution in [3.05, 3.63) is 126 Å². The second kappa shape index (κ2) is 11.4. The number of rotatable bonds is 10. The summed E-state index contributed by atoms with van der Waals surface area (Å²) in [5.74, 6) is 0.455. The molecule has 1 unspecified atom stereocenters. The number of H-pyrrole nitrogens is 1. The number of hydrogen-bond donors (Lipinski definition) is 2. The third kappa shape index (κ3) is 5.69. The number of sulfonamides is 1. The van der Waals surface area contributed by atoms with Crippen LogP contribution in [0.25, 0.3) is 32.8 Å². The van der Waals surface area contributed by atoms with Gasteiger partial charge in [-0.3, -0.25) is 20.1 Å². The van der Waals surface area contributed by atoms with Gasteiger partial charge in [-0.2, -0.15) is 0 Å². The van der Waals surface area contributed by atoms with Crippen LogP contribution in [0.4, 0.5) is 5.69 Å². The SMILES string of the molecule is O=[N+]([O-])c1ccccc1S(=O)(=O)NC(COc1cncc(-c2ccc3cnccc3c2)c1)Cc1c[nH]c2ccccc12. The van der Waals surface area contributed by atoms with E-state index < -0.39 is 31.6 Å². The standard InChI is InChI=1S/C31H25N5O5S/c37-36(38)30-7-3-4-8-31(30)42(39,40)35-26(14-25-18-34-29-6-2-1-5-28(25)29)20-41-27-15-24(17-33-19-27)21-9-10-23-16-32-12-11-22(23)13-21/h1-13,15-19,26,34-35H,14,20H2. The van der Waals surface area contributed by atoms with Crippen molar-refractivity contribution < 1.29 is 18.1 Å². The number of aromatic nitrogens is 3. The molecule has 0 aliphatic rings. The summed E-state index contributed by atoms with van der Waals surface area (Å²) in [5.41, 5.74) is 3.07. The van der Waals surface area contributed by atoms with Gasteiger partial charge in [0.15, 0.2) is 4.90 Å². The van der Waals surface area contributed by atoms with Gasteiger partial charge in [0, 0.05) is 52.7 Å². The lowest BCUT2D eigenvalue weighted by molar-refractivity contribution is -0.387. The van der Waals surface area contributed by atoms with Gasteiger partial charge in [0.05, 0.1) is 17.2 Å². The van der Waals surface area contributed by atoms with Gasteiger partial charge in [0.25, 0.3) is 5.69 Å². The zero-order valence-corrected chi connectivity index (χ0v) is 23.0. The number of nitro benzene ring substituents is 1. The number of pyridine rings is 2. The molecule has 0 radical (unpaired) electrons. The van der Waals surface area contributed by atoms with Crippen LogP contribution >= 0.6 is 0 Å². The van der Waals surface area contributed by atoms with E-state index in [0.717, 1.165) is 38.4 Å². The summed E-state index contributed by atoms with van der Waals surface area (Å²) in [7, 11) is -4.27. The summed E-state index contributed by atoms with van der Waals surface area (Å²) < 4.78 is 35.6. The maximum absolute atomic E-state index is 13.4. The lowest BCUT2D eigenvalue weighted by Crippen LogP contribution is -2.40. The Morgan fingerprint density at radius 1 is 0.905 bits per heavy atom. The van der Waals surface area contributed by atoms with Gasteiger partial charge in [0.1, 0.15) is 12.4 Å². The molecule has 2 N–H and O–H groups in total. The number of nitro groups is 1. The summed E-state index contributed by atoms with van der Waals surface area (Å²) >= 11 is 0. The van der Waals surface area contributed by atoms with E-state index in [0.29, 0.717) is 5.75 Å². The van der Waals surface area contributed by atoms with Crippen LogP contribution in [0.5, 0.6) is 5.75 Å². The lowest BCUT2D eigenvalue weighted by Gasteiger charge is -2.19. The number of nitrogens with one attached hydrogen (secondary N) is 2. The fraction of sp³-hybridized carbons (Fsp3) is 0.0968. The van der Waals surface area contributed by atoms with Crippen molar-refractivity contribution in [1.29, 1.82) is 0 Å². The third-order valence-corrected chi connectivity index (χ3v) is 8.52. The smallest absolute Gasteiger partial charge is 0.289 e. The van der Waals surface area contributed by atoms with Crippen LogP contribution in [0, 0.1) is 10.1 Å². The Morgan fingerprint density at radius 2 is 1.74 bits per heavy atom. The molecule has 0 bridgehead atoms. The van der Waals surface area contributed by atoms with Crippen molar-refractivity contribution >= 4 is 37.4 Å². The minimum Gasteiger partial charge on any atom is -0.490 e. The molecule has 11 heteroatoms. The maximum Gasteiger partial charge on any atom is 0.289 e. The minimum absolute atomic E-state index is 0.0477. The van der Waals surface area contributed by atoms with Crippen molar-refractivity contribution in [1.82, 2.24) is 19.7 Å². The first-order chi connectivity index (χ1) is 20.4. The molecular weight excluding hydrogens is 554 g/mol. The predicted molar refractivity (Wildman–Crippen MR) is 160 cm³/mol. The number of nitrogens with zero attached hydrogens (tertiary/aromatic N) is 3. The zero-order valence-electron chi connectivity index (χ0n) is 22.2. The Hall–Kier alpha value is -5.13. The molecule has 42 heavy (non-hydrogen) atoms. The summed E-state index contributed by atoms with van der Waals surface area (Å²) in [6.45, 7) is -0.0477. The topological polar surface area (TPSA) is 140 Å². The average molecular weight is 580 g/mol. The van der Waals surface area contributed by atoms with E-state index in [2.05, 4.69) is 19.7 Å². The number of ether oxygens (including phenoxy) is 1. The number of para-hydroxylation sites is 2. The second-order valence-corrected chi connectivity index (χ2v) is 11.4. The molecule has 6 aromatic rings. The fourth-order valence-electron chi connectivity index (χ4n) is 4.93. The zero-order chi connectivity index (χ0) is 29.1. The first-order valence-corrected chi connectivity index (χ1v) is 14.6. The first kappa shape index (κ1) is 27.1. The molecular formula is C31H25N5O5S. The molecule has 10 nitrogen and oxygen atoms in total. The van der Waals surface area contributed by atoms with Gasteiger partial charge < -0.3 is 9.72 Å². The van der Waals surface area contributed by atoms with Crippen LogP contribution in [0.2, 0.25) is 0 Å². The molecule has 0 aliphatic heterocycles. The van der Waals surface area contributed by atoms with Crippen LogP contribution in [0.1, 0.15) is 5.56 Å². The van der Waals surface area contributed by atoms with Gasteiger partial charge in [0.2, 0.25) is 10.0 Å². The van der Waals surface area contributed by atoms with Gasteiger partial charge in [-0.15, -0.1) is 0 Å². The van der Waals surface area contributed by atoms with Crippen LogP contribution in [-0.4, -0.2) is 40.9 Å². The Labute approximate surface area is 241 Å². The largest absolute Gasteiger partial charge is 0.490 e. The van der Waals surface area contributed by atoms with E-state index in [4.69, 9.17) is 4.74 Å². The molecule has 0 fully saturated rings. The molecule has 0 amide bonds. The van der Waals surface area contributed by atoms with Gasteiger partial charge in [-0.1, -0.05) is 42.5 Å². The Morgan fingerprint density at radius 3 is 2.62 bits per heavy atom. The monoisotopic (exact) mass is 579 g/mol. The van der Waals surface area contributed by atoms with Crippen LogP contribution in [-0.2, 0) is 16.4 Å². The van der Waals surface area contributed by atoms with E-state index in [1.54, 1.807) is 24.8 Å². The number of fused-ring (bicyclic) bond motifs is 2. The molecule has 0 saturated heterocycles. The van der Waals surface area contributed by atoms with Crippen molar-refractivity contribution in [2.45, 2.75) is 17.4 Å². The number of aromatic amines is 1. The molecule has 0 saturated carbocycles. The molecule has 0 spiro atoms. The Balaban J connectivity index is 1.28. The number of hydrogen-bond acceptors (Lipinski definition) is 7. The third-order valence-electron chi connectivity index (χ3n) is 6.95. The molecule has 210 valence electrons. The molecule has 3 aromatic heterocycles. The van der Waals surface area contributed by atoms with E-state index in [1.807, 2.05) is 60.8 Å². The summed E-state index contributed by atoms with van der Waals surface area (Å²) in [4.78, 5) is 22.1. The van der Waals surface area contributed by atoms with Crippen LogP contribution in [0.15, 0.2) is 115 Å². The van der Waals surface area contributed by atoms with Gasteiger partial charge >= 0.3 is 0 Å². The fourth-order valence-corrected chi connectivity index (χ4v) is 6.33. The van der Waals surface area contributed by atoms with Crippen LogP contribution < -0.4 is 9.46 Å². The first-order valence-electron chi connectivity index (χ1n) is 13.1. The lowest BCUT2D eigenvalue weighted by atomic mass is 10.0. The quantitative estimate of drug-likeness (QED) is 0.158. The van der Waals surface area contributed by atoms with Gasteiger partial charge in [-0.05, 0) is 53.3 Å². The van der Waals surface area contributed by atoms with E-state index in [9.17, 15) is 18.5 Å². The predicted octanol–water partition coefficient (Wildman–Crippen LogP) is 5.65.